The summed E-state index contributed by atoms with van der Waals surface area (Å²) in [6, 6.07) is 0.703. The standard InChI is InChI=1S/C12H25NO4Si/c1-5-10-17-18(15-4,16-7-3)11-8-9-13-12(14)6-2/h6H,2,5,7-11H2,1,3-4H3,(H,13,14). The highest BCUT2D eigenvalue weighted by atomic mass is 28.4. The van der Waals surface area contributed by atoms with Gasteiger partial charge in [-0.1, -0.05) is 13.5 Å². The fourth-order valence-electron chi connectivity index (χ4n) is 1.47. The average Bonchev–Trinajstić information content (AvgIpc) is 2.40. The highest BCUT2D eigenvalue weighted by molar-refractivity contribution is 6.60. The number of amides is 1. The molecule has 0 aromatic heterocycles. The second kappa shape index (κ2) is 10.2. The Morgan fingerprint density at radius 3 is 2.61 bits per heavy atom. The molecule has 0 heterocycles. The zero-order valence-corrected chi connectivity index (χ0v) is 12.7. The largest absolute Gasteiger partial charge is 0.500 e. The Kier molecular flexibility index (Phi) is 9.86. The molecule has 106 valence electrons. The third-order valence-electron chi connectivity index (χ3n) is 2.35. The summed E-state index contributed by atoms with van der Waals surface area (Å²) in [7, 11) is -0.925. The molecule has 1 N–H and O–H groups in total. The van der Waals surface area contributed by atoms with Crippen molar-refractivity contribution in [2.45, 2.75) is 32.7 Å². The Hall–Kier alpha value is -0.693. The second-order valence-corrected chi connectivity index (χ2v) is 6.62. The fourth-order valence-corrected chi connectivity index (χ4v) is 3.85. The molecule has 0 aromatic rings. The number of carbonyl (C=O) groups excluding carboxylic acids is 1. The molecule has 5 nitrogen and oxygen atoms in total. The first kappa shape index (κ1) is 17.3. The molecule has 6 heteroatoms. The molecule has 1 amide bonds. The Morgan fingerprint density at radius 2 is 2.11 bits per heavy atom. The van der Waals surface area contributed by atoms with Crippen LogP contribution in [0, 0.1) is 0 Å². The van der Waals surface area contributed by atoms with E-state index in [0.29, 0.717) is 25.8 Å². The van der Waals surface area contributed by atoms with E-state index in [1.54, 1.807) is 7.11 Å². The predicted molar refractivity (Wildman–Crippen MR) is 73.3 cm³/mol. The van der Waals surface area contributed by atoms with Crippen LogP contribution in [0.25, 0.3) is 0 Å². The lowest BCUT2D eigenvalue weighted by Crippen LogP contribution is -2.45. The molecule has 0 aliphatic rings. The van der Waals surface area contributed by atoms with Gasteiger partial charge in [-0.2, -0.15) is 0 Å². The topological polar surface area (TPSA) is 56.8 Å². The molecule has 1 atom stereocenters. The minimum absolute atomic E-state index is 0.162. The number of nitrogens with one attached hydrogen (secondary N) is 1. The summed E-state index contributed by atoms with van der Waals surface area (Å²) in [5, 5.41) is 2.73. The minimum atomic E-state index is -2.55. The lowest BCUT2D eigenvalue weighted by Gasteiger charge is -2.27. The van der Waals surface area contributed by atoms with Crippen LogP contribution >= 0.6 is 0 Å². The van der Waals surface area contributed by atoms with Gasteiger partial charge in [0, 0.05) is 32.9 Å². The van der Waals surface area contributed by atoms with Gasteiger partial charge >= 0.3 is 8.80 Å². The van der Waals surface area contributed by atoms with Crippen molar-refractivity contribution in [3.8, 4) is 0 Å². The van der Waals surface area contributed by atoms with Crippen LogP contribution in [0.5, 0.6) is 0 Å². The van der Waals surface area contributed by atoms with Gasteiger partial charge in [-0.3, -0.25) is 4.79 Å². The molecule has 0 saturated carbocycles. The summed E-state index contributed by atoms with van der Waals surface area (Å²) in [5.41, 5.74) is 0. The Labute approximate surface area is 111 Å². The van der Waals surface area contributed by atoms with Crippen LogP contribution in [-0.2, 0) is 18.1 Å². The van der Waals surface area contributed by atoms with Crippen LogP contribution < -0.4 is 5.32 Å². The van der Waals surface area contributed by atoms with E-state index in [4.69, 9.17) is 13.3 Å². The van der Waals surface area contributed by atoms with Crippen molar-refractivity contribution < 1.29 is 18.1 Å². The number of hydrogen-bond donors (Lipinski definition) is 1. The predicted octanol–water partition coefficient (Wildman–Crippen LogP) is 1.73. The van der Waals surface area contributed by atoms with E-state index >= 15 is 0 Å². The SMILES string of the molecule is C=CC(=O)NCCC[Si](OC)(OCC)OCCC. The number of rotatable bonds is 11. The monoisotopic (exact) mass is 275 g/mol. The molecular formula is C12H25NO4Si. The summed E-state index contributed by atoms with van der Waals surface area (Å²) >= 11 is 0. The maximum atomic E-state index is 11.0. The molecule has 0 aliphatic heterocycles. The summed E-state index contributed by atoms with van der Waals surface area (Å²) < 4.78 is 16.9. The third kappa shape index (κ3) is 6.90. The van der Waals surface area contributed by atoms with Crippen LogP contribution in [0.3, 0.4) is 0 Å². The zero-order chi connectivity index (χ0) is 13.9. The zero-order valence-electron chi connectivity index (χ0n) is 11.7. The Bertz CT molecular complexity index is 250. The molecule has 0 aromatic carbocycles. The van der Waals surface area contributed by atoms with E-state index in [1.165, 1.54) is 6.08 Å². The van der Waals surface area contributed by atoms with Crippen LogP contribution in [0.2, 0.25) is 6.04 Å². The number of carbonyl (C=O) groups is 1. The fraction of sp³-hybridized carbons (Fsp3) is 0.750. The van der Waals surface area contributed by atoms with Crippen molar-refractivity contribution in [2.24, 2.45) is 0 Å². The van der Waals surface area contributed by atoms with E-state index in [1.807, 2.05) is 13.8 Å². The molecule has 0 aliphatic carbocycles. The van der Waals surface area contributed by atoms with Gasteiger partial charge in [0.25, 0.3) is 0 Å². The minimum Gasteiger partial charge on any atom is -0.377 e. The molecule has 0 fully saturated rings. The highest BCUT2D eigenvalue weighted by Gasteiger charge is 2.38. The lowest BCUT2D eigenvalue weighted by atomic mass is 10.4. The quantitative estimate of drug-likeness (QED) is 0.354. The first-order chi connectivity index (χ1) is 8.64. The molecule has 0 saturated heterocycles. The van der Waals surface area contributed by atoms with E-state index in [9.17, 15) is 4.79 Å². The van der Waals surface area contributed by atoms with Gasteiger partial charge in [0.15, 0.2) is 0 Å². The van der Waals surface area contributed by atoms with Gasteiger partial charge in [-0.15, -0.1) is 0 Å². The van der Waals surface area contributed by atoms with Gasteiger partial charge in [-0.25, -0.2) is 0 Å². The van der Waals surface area contributed by atoms with Crippen LogP contribution in [0.15, 0.2) is 12.7 Å². The van der Waals surface area contributed by atoms with Gasteiger partial charge in [0.1, 0.15) is 0 Å². The summed E-state index contributed by atoms with van der Waals surface area (Å²) in [6.45, 7) is 9.15. The smallest absolute Gasteiger partial charge is 0.377 e. The van der Waals surface area contributed by atoms with E-state index in [-0.39, 0.29) is 5.91 Å². The van der Waals surface area contributed by atoms with E-state index in [0.717, 1.165) is 12.8 Å². The first-order valence-corrected chi connectivity index (χ1v) is 8.30. The van der Waals surface area contributed by atoms with Crippen LogP contribution in [0.4, 0.5) is 0 Å². The van der Waals surface area contributed by atoms with Crippen LogP contribution in [0.1, 0.15) is 26.7 Å². The molecule has 0 rings (SSSR count). The Balaban J connectivity index is 4.13. The molecule has 1 unspecified atom stereocenters. The molecule has 0 bridgehead atoms. The Morgan fingerprint density at radius 1 is 1.39 bits per heavy atom. The summed E-state index contributed by atoms with van der Waals surface area (Å²) in [6.07, 6.45) is 2.96. The van der Waals surface area contributed by atoms with E-state index < -0.39 is 8.80 Å². The van der Waals surface area contributed by atoms with Crippen molar-refractivity contribution in [3.63, 3.8) is 0 Å². The molecular weight excluding hydrogens is 250 g/mol. The van der Waals surface area contributed by atoms with Gasteiger partial charge < -0.3 is 18.6 Å². The van der Waals surface area contributed by atoms with Gasteiger partial charge in [-0.05, 0) is 25.8 Å². The second-order valence-electron chi connectivity index (χ2n) is 3.77. The molecule has 18 heavy (non-hydrogen) atoms. The van der Waals surface area contributed by atoms with Crippen molar-refractivity contribution in [2.75, 3.05) is 26.9 Å². The van der Waals surface area contributed by atoms with Crippen molar-refractivity contribution in [1.82, 2.24) is 5.32 Å². The van der Waals surface area contributed by atoms with Crippen molar-refractivity contribution in [3.05, 3.63) is 12.7 Å². The van der Waals surface area contributed by atoms with Crippen molar-refractivity contribution >= 4 is 14.7 Å². The maximum absolute atomic E-state index is 11.0. The van der Waals surface area contributed by atoms with Crippen molar-refractivity contribution in [1.29, 1.82) is 0 Å². The number of hydrogen-bond acceptors (Lipinski definition) is 4. The van der Waals surface area contributed by atoms with Crippen LogP contribution in [-0.4, -0.2) is 41.6 Å². The lowest BCUT2D eigenvalue weighted by molar-refractivity contribution is -0.116. The normalized spacial score (nSPS) is 13.9. The molecule has 0 radical (unpaired) electrons. The average molecular weight is 275 g/mol. The van der Waals surface area contributed by atoms with Gasteiger partial charge in [0.2, 0.25) is 5.91 Å². The van der Waals surface area contributed by atoms with Gasteiger partial charge in [0.05, 0.1) is 0 Å². The maximum Gasteiger partial charge on any atom is 0.500 e. The highest BCUT2D eigenvalue weighted by Crippen LogP contribution is 2.17. The molecule has 0 spiro atoms. The summed E-state index contributed by atoms with van der Waals surface area (Å²) in [5.74, 6) is -0.162. The summed E-state index contributed by atoms with van der Waals surface area (Å²) in [4.78, 5) is 11.0. The third-order valence-corrected chi connectivity index (χ3v) is 5.31. The first-order valence-electron chi connectivity index (χ1n) is 6.37. The van der Waals surface area contributed by atoms with E-state index in [2.05, 4.69) is 11.9 Å².